The summed E-state index contributed by atoms with van der Waals surface area (Å²) in [6.07, 6.45) is 5.69. The van der Waals surface area contributed by atoms with Crippen LogP contribution in [-0.2, 0) is 6.54 Å². The molecule has 0 spiro atoms. The molecule has 0 radical (unpaired) electrons. The lowest BCUT2D eigenvalue weighted by Crippen LogP contribution is -2.64. The van der Waals surface area contributed by atoms with E-state index in [9.17, 15) is 14.5 Å². The summed E-state index contributed by atoms with van der Waals surface area (Å²) in [6, 6.07) is 4.93. The van der Waals surface area contributed by atoms with Gasteiger partial charge in [-0.25, -0.2) is 9.38 Å². The van der Waals surface area contributed by atoms with Gasteiger partial charge in [-0.05, 0) is 74.6 Å². The fraction of sp³-hybridized carbons (Fsp3) is 0.550. The smallest absolute Gasteiger partial charge is 0.301 e. The summed E-state index contributed by atoms with van der Waals surface area (Å²) >= 11 is 0. The molecular weight excluding hydrogens is 375 g/mol. The van der Waals surface area contributed by atoms with Gasteiger partial charge >= 0.3 is 5.70 Å². The zero-order valence-electron chi connectivity index (χ0n) is 16.7. The van der Waals surface area contributed by atoms with Crippen LogP contribution < -0.4 is 22.1 Å². The van der Waals surface area contributed by atoms with Crippen LogP contribution in [0, 0.1) is 34.7 Å². The van der Waals surface area contributed by atoms with Gasteiger partial charge in [0.15, 0.2) is 11.6 Å². The number of halogens is 1. The highest BCUT2D eigenvalue weighted by molar-refractivity contribution is 5.83. The number of aryl methyl sites for hydroxylation is 1. The van der Waals surface area contributed by atoms with E-state index >= 15 is 0 Å². The molecule has 1 unspecified atom stereocenters. The monoisotopic (exact) mass is 404 g/mol. The van der Waals surface area contributed by atoms with Gasteiger partial charge < -0.3 is 16.4 Å². The number of nitrogens with zero attached hydrogens (tertiary/aromatic N) is 2. The Morgan fingerprint density at radius 2 is 2.00 bits per heavy atom. The molecule has 9 heteroatoms. The van der Waals surface area contributed by atoms with Crippen molar-refractivity contribution in [3.8, 4) is 0 Å². The molecule has 8 nitrogen and oxygen atoms in total. The molecule has 6 N–H and O–H groups in total. The zero-order valence-corrected chi connectivity index (χ0v) is 16.7. The Balaban J connectivity index is 1.72. The average Bonchev–Trinajstić information content (AvgIpc) is 2.69. The van der Waals surface area contributed by atoms with Gasteiger partial charge in [-0.3, -0.25) is 15.8 Å². The van der Waals surface area contributed by atoms with E-state index in [4.69, 9.17) is 11.5 Å². The van der Waals surface area contributed by atoms with Crippen molar-refractivity contribution >= 4 is 5.96 Å². The summed E-state index contributed by atoms with van der Waals surface area (Å²) in [6.45, 7) is 2.61. The third-order valence-electron chi connectivity index (χ3n) is 5.91. The van der Waals surface area contributed by atoms with E-state index in [2.05, 4.69) is 15.6 Å². The molecule has 0 saturated heterocycles. The SMILES string of the molecule is Cc1ccc(CN=C2NC=C([N+](=O)[O-])C(N)(CC3CCC(CN)CC3)N2)cc1F. The normalized spacial score (nSPS) is 28.4. The highest BCUT2D eigenvalue weighted by Gasteiger charge is 2.44. The number of guanidine groups is 1. The third-order valence-corrected chi connectivity index (χ3v) is 5.91. The van der Waals surface area contributed by atoms with Crippen LogP contribution in [0.15, 0.2) is 35.1 Å². The van der Waals surface area contributed by atoms with E-state index in [0.717, 1.165) is 25.7 Å². The molecule has 0 amide bonds. The van der Waals surface area contributed by atoms with Crippen LogP contribution in [-0.4, -0.2) is 23.1 Å². The lowest BCUT2D eigenvalue weighted by molar-refractivity contribution is -0.437. The lowest BCUT2D eigenvalue weighted by Gasteiger charge is -2.37. The topological polar surface area (TPSA) is 132 Å². The third kappa shape index (κ3) is 5.10. The summed E-state index contributed by atoms with van der Waals surface area (Å²) in [7, 11) is 0. The van der Waals surface area contributed by atoms with E-state index < -0.39 is 10.6 Å². The van der Waals surface area contributed by atoms with Crippen molar-refractivity contribution in [1.82, 2.24) is 10.6 Å². The second kappa shape index (κ2) is 8.87. The minimum Gasteiger partial charge on any atom is -0.330 e. The fourth-order valence-corrected chi connectivity index (χ4v) is 4.06. The van der Waals surface area contributed by atoms with Gasteiger partial charge in [-0.1, -0.05) is 12.1 Å². The van der Waals surface area contributed by atoms with Gasteiger partial charge in [0, 0.05) is 0 Å². The molecule has 158 valence electrons. The van der Waals surface area contributed by atoms with Crippen molar-refractivity contribution in [3.05, 3.63) is 57.2 Å². The number of nitrogens with two attached hydrogens (primary N) is 2. The second-order valence-corrected chi connectivity index (χ2v) is 8.10. The minimum absolute atomic E-state index is 0.112. The first-order chi connectivity index (χ1) is 13.8. The van der Waals surface area contributed by atoms with Gasteiger partial charge in [-0.15, -0.1) is 0 Å². The fourth-order valence-electron chi connectivity index (χ4n) is 4.06. The van der Waals surface area contributed by atoms with Gasteiger partial charge in [-0.2, -0.15) is 0 Å². The summed E-state index contributed by atoms with van der Waals surface area (Å²) < 4.78 is 13.7. The summed E-state index contributed by atoms with van der Waals surface area (Å²) in [5.74, 6) is 0.862. The van der Waals surface area contributed by atoms with Crippen molar-refractivity contribution in [2.45, 2.75) is 51.2 Å². The number of rotatable bonds is 6. The van der Waals surface area contributed by atoms with Crippen LogP contribution in [0.5, 0.6) is 0 Å². The molecule has 1 heterocycles. The Labute approximate surface area is 169 Å². The number of hydrogen-bond acceptors (Lipinski definition) is 5. The maximum absolute atomic E-state index is 13.7. The van der Waals surface area contributed by atoms with E-state index in [-0.39, 0.29) is 24.0 Å². The Morgan fingerprint density at radius 1 is 1.31 bits per heavy atom. The number of benzene rings is 1. The van der Waals surface area contributed by atoms with E-state index in [0.29, 0.717) is 36.0 Å². The highest BCUT2D eigenvalue weighted by atomic mass is 19.1. The van der Waals surface area contributed by atoms with Crippen LogP contribution in [0.1, 0.15) is 43.2 Å². The molecule has 1 aromatic carbocycles. The minimum atomic E-state index is -1.31. The van der Waals surface area contributed by atoms with Gasteiger partial charge in [0.25, 0.3) is 0 Å². The molecule has 3 rings (SSSR count). The first-order valence-corrected chi connectivity index (χ1v) is 9.99. The Kier molecular flexibility index (Phi) is 6.49. The number of aliphatic imine (C=N–C) groups is 1. The van der Waals surface area contributed by atoms with E-state index in [1.54, 1.807) is 19.1 Å². The highest BCUT2D eigenvalue weighted by Crippen LogP contribution is 2.34. The maximum Gasteiger partial charge on any atom is 0.301 e. The molecular formula is C20H29FN6O2. The van der Waals surface area contributed by atoms with Crippen molar-refractivity contribution in [3.63, 3.8) is 0 Å². The van der Waals surface area contributed by atoms with Gasteiger partial charge in [0.05, 0.1) is 17.7 Å². The first kappa shape index (κ1) is 21.2. The quantitative estimate of drug-likeness (QED) is 0.424. The Bertz CT molecular complexity index is 819. The number of nitro groups is 1. The molecule has 1 atom stereocenters. The van der Waals surface area contributed by atoms with Gasteiger partial charge in [0.2, 0.25) is 0 Å². The van der Waals surface area contributed by atoms with Crippen molar-refractivity contribution in [2.24, 2.45) is 28.3 Å². The molecule has 0 bridgehead atoms. The van der Waals surface area contributed by atoms with Gasteiger partial charge in [0.1, 0.15) is 5.82 Å². The van der Waals surface area contributed by atoms with Crippen LogP contribution in [0.2, 0.25) is 0 Å². The maximum atomic E-state index is 13.7. The van der Waals surface area contributed by atoms with Crippen LogP contribution in [0.3, 0.4) is 0 Å². The average molecular weight is 404 g/mol. The lowest BCUT2D eigenvalue weighted by atomic mass is 9.77. The van der Waals surface area contributed by atoms with Crippen molar-refractivity contribution < 1.29 is 9.31 Å². The summed E-state index contributed by atoms with van der Waals surface area (Å²) in [5, 5.41) is 17.4. The Hall–Kier alpha value is -2.52. The zero-order chi connectivity index (χ0) is 21.0. The molecule has 0 aromatic heterocycles. The molecule has 1 fully saturated rings. The van der Waals surface area contributed by atoms with Crippen molar-refractivity contribution in [2.75, 3.05) is 6.54 Å². The molecule has 1 aliphatic carbocycles. The van der Waals surface area contributed by atoms with E-state index in [1.165, 1.54) is 12.3 Å². The molecule has 29 heavy (non-hydrogen) atoms. The predicted octanol–water partition coefficient (Wildman–Crippen LogP) is 2.11. The summed E-state index contributed by atoms with van der Waals surface area (Å²) in [4.78, 5) is 15.5. The van der Waals surface area contributed by atoms with Crippen molar-refractivity contribution in [1.29, 1.82) is 0 Å². The number of hydrogen-bond donors (Lipinski definition) is 4. The number of nitrogens with one attached hydrogen (secondary N) is 2. The standard InChI is InChI=1S/C20H29FN6O2/c1-13-2-3-16(8-17(13)21)11-24-19-25-12-18(27(28)29)20(23,26-19)9-14-4-6-15(10-22)7-5-14/h2-3,8,12,14-15H,4-7,9-11,22-23H2,1H3,(H2,24,25,26). The molecule has 1 aliphatic heterocycles. The largest absolute Gasteiger partial charge is 0.330 e. The predicted molar refractivity (Wildman–Crippen MR) is 110 cm³/mol. The van der Waals surface area contributed by atoms with E-state index in [1.807, 2.05) is 0 Å². The molecule has 1 saturated carbocycles. The van der Waals surface area contributed by atoms with Crippen LogP contribution in [0.4, 0.5) is 4.39 Å². The second-order valence-electron chi connectivity index (χ2n) is 8.10. The first-order valence-electron chi connectivity index (χ1n) is 9.99. The van der Waals surface area contributed by atoms with Crippen LogP contribution in [0.25, 0.3) is 0 Å². The molecule has 1 aromatic rings. The molecule has 2 aliphatic rings. The Morgan fingerprint density at radius 3 is 2.62 bits per heavy atom. The van der Waals surface area contributed by atoms with Crippen LogP contribution >= 0.6 is 0 Å². The summed E-state index contributed by atoms with van der Waals surface area (Å²) in [5.41, 5.74) is 12.1.